The standard InChI is InChI=1S/C26H33NO5/c1-5-11-20(7-3)13-10-16-27(23(17-28)25(31)26(32)24(30)18-29)19(4)22-15-9-8-14-21(22)12-6-2/h5-12,14-18,20,25-26,28-32H,3-4,13H2,1-2H3/b11-5+,12-6-,16-10+,23-17-,24-18-. The van der Waals surface area contributed by atoms with Gasteiger partial charge in [0.05, 0.1) is 5.70 Å². The van der Waals surface area contributed by atoms with Crippen LogP contribution in [0.15, 0.2) is 98.0 Å². The molecule has 0 heterocycles. The van der Waals surface area contributed by atoms with Gasteiger partial charge in [-0.05, 0) is 31.7 Å². The van der Waals surface area contributed by atoms with Gasteiger partial charge in [-0.15, -0.1) is 6.58 Å². The lowest BCUT2D eigenvalue weighted by Gasteiger charge is -2.30. The van der Waals surface area contributed by atoms with Gasteiger partial charge >= 0.3 is 0 Å². The summed E-state index contributed by atoms with van der Waals surface area (Å²) in [6.07, 6.45) is 10.8. The molecule has 0 radical (unpaired) electrons. The molecule has 0 saturated heterocycles. The average molecular weight is 440 g/mol. The van der Waals surface area contributed by atoms with Crippen molar-refractivity contribution in [1.29, 1.82) is 0 Å². The van der Waals surface area contributed by atoms with Crippen LogP contribution >= 0.6 is 0 Å². The Morgan fingerprint density at radius 1 is 1.06 bits per heavy atom. The summed E-state index contributed by atoms with van der Waals surface area (Å²) in [4.78, 5) is 1.43. The molecule has 0 bridgehead atoms. The van der Waals surface area contributed by atoms with Gasteiger partial charge in [0, 0.05) is 17.5 Å². The molecule has 172 valence electrons. The molecule has 5 N–H and O–H groups in total. The van der Waals surface area contributed by atoms with Gasteiger partial charge in [-0.1, -0.05) is 67.3 Å². The number of hydrogen-bond acceptors (Lipinski definition) is 6. The Hall–Kier alpha value is -3.48. The molecule has 1 aromatic rings. The molecular weight excluding hydrogens is 406 g/mol. The lowest BCUT2D eigenvalue weighted by Crippen LogP contribution is -2.35. The first kappa shape index (κ1) is 26.6. The zero-order valence-corrected chi connectivity index (χ0v) is 18.5. The molecule has 0 aliphatic rings. The minimum Gasteiger partial charge on any atom is -0.514 e. The zero-order chi connectivity index (χ0) is 24.1. The third kappa shape index (κ3) is 7.04. The van der Waals surface area contributed by atoms with Crippen LogP contribution in [0.4, 0.5) is 0 Å². The van der Waals surface area contributed by atoms with Crippen LogP contribution in [0.1, 0.15) is 31.4 Å². The number of aliphatic hydroxyl groups excluding tert-OH is 5. The summed E-state index contributed by atoms with van der Waals surface area (Å²) in [5.74, 6) is -0.763. The largest absolute Gasteiger partial charge is 0.514 e. The molecule has 0 fully saturated rings. The number of rotatable bonds is 12. The quantitative estimate of drug-likeness (QED) is 0.222. The summed E-state index contributed by atoms with van der Waals surface area (Å²) in [7, 11) is 0. The first-order chi connectivity index (χ1) is 15.4. The fraction of sp³-hybridized carbons (Fsp3) is 0.231. The number of nitrogens with zero attached hydrogens (tertiary/aromatic N) is 1. The zero-order valence-electron chi connectivity index (χ0n) is 18.5. The van der Waals surface area contributed by atoms with Crippen molar-refractivity contribution in [3.8, 4) is 0 Å². The van der Waals surface area contributed by atoms with Crippen LogP contribution in [0.25, 0.3) is 11.8 Å². The summed E-state index contributed by atoms with van der Waals surface area (Å²) in [5, 5.41) is 49.3. The second-order valence-corrected chi connectivity index (χ2v) is 6.95. The van der Waals surface area contributed by atoms with Crippen LogP contribution in [0.3, 0.4) is 0 Å². The molecule has 3 unspecified atom stereocenters. The summed E-state index contributed by atoms with van der Waals surface area (Å²) >= 11 is 0. The molecule has 1 aromatic carbocycles. The monoisotopic (exact) mass is 439 g/mol. The normalized spacial score (nSPS) is 15.9. The van der Waals surface area contributed by atoms with Crippen LogP contribution in [0.2, 0.25) is 0 Å². The lowest BCUT2D eigenvalue weighted by molar-refractivity contribution is 0.0262. The molecule has 1 rings (SSSR count). The van der Waals surface area contributed by atoms with Gasteiger partial charge in [-0.2, -0.15) is 0 Å². The third-order valence-electron chi connectivity index (χ3n) is 4.76. The van der Waals surface area contributed by atoms with Crippen molar-refractivity contribution in [3.05, 3.63) is 109 Å². The Bertz CT molecular complexity index is 911. The molecule has 6 nitrogen and oxygen atoms in total. The van der Waals surface area contributed by atoms with Crippen molar-refractivity contribution in [2.75, 3.05) is 0 Å². The number of hydrogen-bond donors (Lipinski definition) is 5. The lowest BCUT2D eigenvalue weighted by atomic mass is 10.0. The van der Waals surface area contributed by atoms with Gasteiger partial charge in [0.2, 0.25) is 0 Å². The first-order valence-electron chi connectivity index (χ1n) is 10.2. The Morgan fingerprint density at radius 3 is 2.31 bits per heavy atom. The molecule has 32 heavy (non-hydrogen) atoms. The molecular formula is C26H33NO5. The second kappa shape index (κ2) is 13.7. The number of benzene rings is 1. The van der Waals surface area contributed by atoms with E-state index in [-0.39, 0.29) is 17.9 Å². The Labute approximate surface area is 190 Å². The van der Waals surface area contributed by atoms with Crippen LogP contribution in [-0.4, -0.2) is 42.6 Å². The van der Waals surface area contributed by atoms with E-state index in [2.05, 4.69) is 13.2 Å². The maximum Gasteiger partial charge on any atom is 0.158 e. The van der Waals surface area contributed by atoms with E-state index in [0.717, 1.165) is 11.1 Å². The second-order valence-electron chi connectivity index (χ2n) is 6.95. The van der Waals surface area contributed by atoms with Crippen LogP contribution in [0.5, 0.6) is 0 Å². The van der Waals surface area contributed by atoms with Gasteiger partial charge < -0.3 is 30.4 Å². The van der Waals surface area contributed by atoms with Crippen LogP contribution in [-0.2, 0) is 0 Å². The first-order valence-corrected chi connectivity index (χ1v) is 10.2. The van der Waals surface area contributed by atoms with E-state index >= 15 is 0 Å². The summed E-state index contributed by atoms with van der Waals surface area (Å²) in [5.41, 5.74) is 1.85. The van der Waals surface area contributed by atoms with E-state index < -0.39 is 18.0 Å². The average Bonchev–Trinajstić information content (AvgIpc) is 2.81. The van der Waals surface area contributed by atoms with E-state index in [9.17, 15) is 20.4 Å². The SMILES string of the molecule is C=CC(/C=C/C)C/C=C/N(C(=C)c1ccccc1/C=C\C)/C(=C\O)C(O)C(O)/C(O)=C/O. The van der Waals surface area contributed by atoms with Crippen molar-refractivity contribution >= 4 is 11.8 Å². The highest BCUT2D eigenvalue weighted by Gasteiger charge is 2.29. The minimum atomic E-state index is -1.86. The van der Waals surface area contributed by atoms with Crippen LogP contribution in [0, 0.1) is 5.92 Å². The van der Waals surface area contributed by atoms with Crippen molar-refractivity contribution < 1.29 is 25.5 Å². The summed E-state index contributed by atoms with van der Waals surface area (Å²) in [6, 6.07) is 7.45. The molecule has 0 aliphatic carbocycles. The predicted molar refractivity (Wildman–Crippen MR) is 130 cm³/mol. The van der Waals surface area contributed by atoms with Gasteiger partial charge in [-0.3, -0.25) is 0 Å². The van der Waals surface area contributed by atoms with Gasteiger partial charge in [0.15, 0.2) is 5.76 Å². The maximum atomic E-state index is 10.6. The highest BCUT2D eigenvalue weighted by atomic mass is 16.4. The van der Waals surface area contributed by atoms with E-state index in [1.807, 2.05) is 68.5 Å². The highest BCUT2D eigenvalue weighted by molar-refractivity contribution is 5.73. The molecule has 0 aromatic heterocycles. The summed E-state index contributed by atoms with van der Waals surface area (Å²) < 4.78 is 0. The van der Waals surface area contributed by atoms with Crippen molar-refractivity contribution in [3.63, 3.8) is 0 Å². The van der Waals surface area contributed by atoms with E-state index in [0.29, 0.717) is 18.4 Å². The fourth-order valence-corrected chi connectivity index (χ4v) is 3.05. The van der Waals surface area contributed by atoms with E-state index in [1.54, 1.807) is 12.3 Å². The number of allylic oxidation sites excluding steroid dienone is 5. The van der Waals surface area contributed by atoms with Crippen molar-refractivity contribution in [2.45, 2.75) is 32.5 Å². The minimum absolute atomic E-state index is 0.0834. The topological polar surface area (TPSA) is 104 Å². The molecule has 0 spiro atoms. The molecule has 0 saturated carbocycles. The number of aliphatic hydroxyl groups is 5. The van der Waals surface area contributed by atoms with Gasteiger partial charge in [0.25, 0.3) is 0 Å². The maximum absolute atomic E-state index is 10.6. The van der Waals surface area contributed by atoms with Gasteiger partial charge in [-0.25, -0.2) is 0 Å². The van der Waals surface area contributed by atoms with Gasteiger partial charge in [0.1, 0.15) is 24.7 Å². The molecule has 6 heteroatoms. The smallest absolute Gasteiger partial charge is 0.158 e. The van der Waals surface area contributed by atoms with Crippen molar-refractivity contribution in [1.82, 2.24) is 4.90 Å². The van der Waals surface area contributed by atoms with Crippen LogP contribution < -0.4 is 0 Å². The summed E-state index contributed by atoms with van der Waals surface area (Å²) in [6.45, 7) is 11.8. The Morgan fingerprint density at radius 2 is 1.75 bits per heavy atom. The van der Waals surface area contributed by atoms with E-state index in [4.69, 9.17) is 5.11 Å². The van der Waals surface area contributed by atoms with Crippen molar-refractivity contribution in [2.24, 2.45) is 5.92 Å². The third-order valence-corrected chi connectivity index (χ3v) is 4.76. The predicted octanol–water partition coefficient (Wildman–Crippen LogP) is 5.35. The molecule has 0 aliphatic heterocycles. The fourth-order valence-electron chi connectivity index (χ4n) is 3.05. The highest BCUT2D eigenvalue weighted by Crippen LogP contribution is 2.29. The molecule has 0 amide bonds. The molecule has 3 atom stereocenters. The van der Waals surface area contributed by atoms with E-state index in [1.165, 1.54) is 4.90 Å². The Balaban J connectivity index is 3.46. The Kier molecular flexibility index (Phi) is 11.4.